The Morgan fingerprint density at radius 2 is 1.84 bits per heavy atom. The molecule has 19 heavy (non-hydrogen) atoms. The molecule has 3 N–H and O–H groups in total. The highest BCUT2D eigenvalue weighted by molar-refractivity contribution is 5.79. The zero-order valence-corrected chi connectivity index (χ0v) is 12.6. The summed E-state index contributed by atoms with van der Waals surface area (Å²) in [5.41, 5.74) is 5.45. The van der Waals surface area contributed by atoms with Crippen molar-refractivity contribution in [1.29, 1.82) is 0 Å². The van der Waals surface area contributed by atoms with Gasteiger partial charge in [-0.1, -0.05) is 25.7 Å². The summed E-state index contributed by atoms with van der Waals surface area (Å²) >= 11 is 0. The molecular weight excluding hydrogens is 236 g/mol. The van der Waals surface area contributed by atoms with Crippen molar-refractivity contribution in [2.45, 2.75) is 70.8 Å². The van der Waals surface area contributed by atoms with Crippen molar-refractivity contribution in [1.82, 2.24) is 5.32 Å². The maximum Gasteiger partial charge on any atom is 0.223 e. The predicted molar refractivity (Wildman–Crippen MR) is 78.7 cm³/mol. The maximum absolute atomic E-state index is 12.4. The molecule has 2 rings (SSSR count). The minimum atomic E-state index is -0.157. The van der Waals surface area contributed by atoms with E-state index in [0.29, 0.717) is 6.54 Å². The maximum atomic E-state index is 12.4. The van der Waals surface area contributed by atoms with E-state index in [1.807, 2.05) is 0 Å². The minimum Gasteiger partial charge on any atom is -0.351 e. The lowest BCUT2D eigenvalue weighted by atomic mass is 9.67. The van der Waals surface area contributed by atoms with Crippen LogP contribution in [0.5, 0.6) is 0 Å². The molecule has 3 heteroatoms. The first-order valence-corrected chi connectivity index (χ1v) is 8.04. The lowest BCUT2D eigenvalue weighted by molar-refractivity contribution is -0.128. The summed E-state index contributed by atoms with van der Waals surface area (Å²) in [6, 6.07) is 0. The molecule has 3 nitrogen and oxygen atoms in total. The molecule has 0 bridgehead atoms. The summed E-state index contributed by atoms with van der Waals surface area (Å²) in [5, 5.41) is 3.20. The van der Waals surface area contributed by atoms with Gasteiger partial charge in [0, 0.05) is 11.5 Å². The largest absolute Gasteiger partial charge is 0.351 e. The average molecular weight is 266 g/mol. The third kappa shape index (κ3) is 3.95. The van der Waals surface area contributed by atoms with Gasteiger partial charge >= 0.3 is 0 Å². The lowest BCUT2D eigenvalue weighted by Crippen LogP contribution is -2.48. The van der Waals surface area contributed by atoms with Crippen LogP contribution in [0.25, 0.3) is 0 Å². The van der Waals surface area contributed by atoms with Gasteiger partial charge in [0.05, 0.1) is 0 Å². The van der Waals surface area contributed by atoms with E-state index in [4.69, 9.17) is 5.73 Å². The van der Waals surface area contributed by atoms with Crippen LogP contribution in [0.3, 0.4) is 0 Å². The highest BCUT2D eigenvalue weighted by Gasteiger charge is 2.36. The van der Waals surface area contributed by atoms with E-state index >= 15 is 0 Å². The van der Waals surface area contributed by atoms with Crippen LogP contribution in [-0.2, 0) is 4.79 Å². The summed E-state index contributed by atoms with van der Waals surface area (Å²) in [7, 11) is 0. The summed E-state index contributed by atoms with van der Waals surface area (Å²) in [6.45, 7) is 4.77. The molecule has 110 valence electrons. The molecule has 0 aliphatic heterocycles. The molecule has 0 saturated heterocycles. The third-order valence-corrected chi connectivity index (χ3v) is 5.14. The van der Waals surface area contributed by atoms with Crippen molar-refractivity contribution in [3.8, 4) is 0 Å². The second-order valence-corrected chi connectivity index (χ2v) is 7.23. The second kappa shape index (κ2) is 6.25. The standard InChI is InChI=1S/C16H30N2O/c1-16(2,9-10-17)18-15(19)14-8-7-12-5-3-4-6-13(12)11-14/h12-14H,3-11,17H2,1-2H3,(H,18,19). The summed E-state index contributed by atoms with van der Waals surface area (Å²) < 4.78 is 0. The molecule has 3 unspecified atom stereocenters. The molecule has 2 aliphatic carbocycles. The SMILES string of the molecule is CC(C)(CCN)NC(=O)C1CCC2CCCCC2C1. The van der Waals surface area contributed by atoms with E-state index in [9.17, 15) is 4.79 Å². The Hall–Kier alpha value is -0.570. The van der Waals surface area contributed by atoms with Gasteiger partial charge in [0.1, 0.15) is 0 Å². The van der Waals surface area contributed by atoms with Gasteiger partial charge in [-0.2, -0.15) is 0 Å². The van der Waals surface area contributed by atoms with Crippen molar-refractivity contribution in [3.05, 3.63) is 0 Å². The average Bonchev–Trinajstić information content (AvgIpc) is 2.37. The summed E-state index contributed by atoms with van der Waals surface area (Å²) in [4.78, 5) is 12.4. The van der Waals surface area contributed by atoms with Gasteiger partial charge in [-0.15, -0.1) is 0 Å². The van der Waals surface area contributed by atoms with Crippen molar-refractivity contribution in [3.63, 3.8) is 0 Å². The smallest absolute Gasteiger partial charge is 0.223 e. The van der Waals surface area contributed by atoms with Crippen LogP contribution in [0.4, 0.5) is 0 Å². The normalized spacial score (nSPS) is 31.6. The van der Waals surface area contributed by atoms with E-state index in [0.717, 1.165) is 31.1 Å². The quantitative estimate of drug-likeness (QED) is 0.822. The van der Waals surface area contributed by atoms with Gasteiger partial charge in [0.25, 0.3) is 0 Å². The van der Waals surface area contributed by atoms with Crippen LogP contribution < -0.4 is 11.1 Å². The molecule has 0 radical (unpaired) electrons. The molecule has 0 heterocycles. The molecule has 0 aromatic rings. The minimum absolute atomic E-state index is 0.157. The Bertz CT molecular complexity index is 314. The molecule has 3 atom stereocenters. The Kier molecular flexibility index (Phi) is 4.88. The van der Waals surface area contributed by atoms with Crippen molar-refractivity contribution < 1.29 is 4.79 Å². The number of rotatable bonds is 4. The Labute approximate surface area is 117 Å². The molecule has 1 amide bonds. The predicted octanol–water partition coefficient (Wildman–Crippen LogP) is 2.84. The molecule has 2 fully saturated rings. The van der Waals surface area contributed by atoms with Crippen LogP contribution >= 0.6 is 0 Å². The zero-order valence-electron chi connectivity index (χ0n) is 12.6. The topological polar surface area (TPSA) is 55.1 Å². The number of fused-ring (bicyclic) bond motifs is 1. The number of nitrogens with one attached hydrogen (secondary N) is 1. The second-order valence-electron chi connectivity index (χ2n) is 7.23. The van der Waals surface area contributed by atoms with Crippen LogP contribution in [0.1, 0.15) is 65.2 Å². The van der Waals surface area contributed by atoms with E-state index < -0.39 is 0 Å². The van der Waals surface area contributed by atoms with E-state index in [1.54, 1.807) is 0 Å². The first kappa shape index (κ1) is 14.8. The Balaban J connectivity index is 1.86. The fourth-order valence-electron chi connectivity index (χ4n) is 3.97. The molecule has 2 saturated carbocycles. The molecule has 0 spiro atoms. The number of nitrogens with two attached hydrogens (primary N) is 1. The van der Waals surface area contributed by atoms with Gasteiger partial charge in [0.2, 0.25) is 5.91 Å². The third-order valence-electron chi connectivity index (χ3n) is 5.14. The van der Waals surface area contributed by atoms with Gasteiger partial charge in [-0.05, 0) is 57.9 Å². The number of carbonyl (C=O) groups is 1. The number of hydrogen-bond acceptors (Lipinski definition) is 2. The summed E-state index contributed by atoms with van der Waals surface area (Å²) in [5.74, 6) is 2.24. The Morgan fingerprint density at radius 1 is 1.16 bits per heavy atom. The van der Waals surface area contributed by atoms with Gasteiger partial charge in [-0.3, -0.25) is 4.79 Å². The lowest BCUT2D eigenvalue weighted by Gasteiger charge is -2.39. The van der Waals surface area contributed by atoms with Crippen LogP contribution in [0.15, 0.2) is 0 Å². The van der Waals surface area contributed by atoms with Gasteiger partial charge in [0.15, 0.2) is 0 Å². The highest BCUT2D eigenvalue weighted by atomic mass is 16.2. The fraction of sp³-hybridized carbons (Fsp3) is 0.938. The molecular formula is C16H30N2O. The van der Waals surface area contributed by atoms with Crippen LogP contribution in [-0.4, -0.2) is 18.0 Å². The Morgan fingerprint density at radius 3 is 2.53 bits per heavy atom. The first-order chi connectivity index (χ1) is 9.02. The van der Waals surface area contributed by atoms with Crippen LogP contribution in [0.2, 0.25) is 0 Å². The fourth-order valence-corrected chi connectivity index (χ4v) is 3.97. The summed E-state index contributed by atoms with van der Waals surface area (Å²) in [6.07, 6.45) is 9.84. The number of hydrogen-bond donors (Lipinski definition) is 2. The molecule has 2 aliphatic rings. The number of carbonyl (C=O) groups excluding carboxylic acids is 1. The van der Waals surface area contributed by atoms with E-state index in [2.05, 4.69) is 19.2 Å². The first-order valence-electron chi connectivity index (χ1n) is 8.04. The number of amides is 1. The highest BCUT2D eigenvalue weighted by Crippen LogP contribution is 2.42. The van der Waals surface area contributed by atoms with Crippen molar-refractivity contribution >= 4 is 5.91 Å². The van der Waals surface area contributed by atoms with Crippen molar-refractivity contribution in [2.75, 3.05) is 6.54 Å². The monoisotopic (exact) mass is 266 g/mol. The zero-order chi connectivity index (χ0) is 13.9. The van der Waals surface area contributed by atoms with E-state index in [1.165, 1.54) is 32.1 Å². The molecule has 0 aromatic heterocycles. The van der Waals surface area contributed by atoms with E-state index in [-0.39, 0.29) is 17.4 Å². The van der Waals surface area contributed by atoms with Gasteiger partial charge < -0.3 is 11.1 Å². The molecule has 0 aromatic carbocycles. The van der Waals surface area contributed by atoms with Crippen LogP contribution in [0, 0.1) is 17.8 Å². The van der Waals surface area contributed by atoms with Gasteiger partial charge in [-0.25, -0.2) is 0 Å². The van der Waals surface area contributed by atoms with Crippen molar-refractivity contribution in [2.24, 2.45) is 23.5 Å².